The lowest BCUT2D eigenvalue weighted by Gasteiger charge is -2.20. The van der Waals surface area contributed by atoms with Gasteiger partial charge in [-0.25, -0.2) is 14.6 Å². The van der Waals surface area contributed by atoms with Gasteiger partial charge in [0.05, 0.1) is 13.4 Å². The molecule has 0 saturated heterocycles. The van der Waals surface area contributed by atoms with Gasteiger partial charge in [0, 0.05) is 23.9 Å². The summed E-state index contributed by atoms with van der Waals surface area (Å²) in [6.07, 6.45) is 3.23. The number of aliphatic carboxylic acids is 1. The van der Waals surface area contributed by atoms with E-state index in [0.29, 0.717) is 17.1 Å². The highest BCUT2D eigenvalue weighted by Gasteiger charge is 2.25. The van der Waals surface area contributed by atoms with Crippen LogP contribution in [0.3, 0.4) is 0 Å². The second kappa shape index (κ2) is 10.1. The summed E-state index contributed by atoms with van der Waals surface area (Å²) in [6, 6.07) is 8.43. The molecule has 1 aromatic carbocycles. The van der Waals surface area contributed by atoms with Gasteiger partial charge >= 0.3 is 11.9 Å². The van der Waals surface area contributed by atoms with E-state index in [-0.39, 0.29) is 19.5 Å². The van der Waals surface area contributed by atoms with E-state index in [1.807, 2.05) is 30.3 Å². The van der Waals surface area contributed by atoms with Gasteiger partial charge in [0.25, 0.3) is 5.91 Å². The maximum Gasteiger partial charge on any atom is 0.359 e. The average Bonchev–Trinajstić information content (AvgIpc) is 3.13. The van der Waals surface area contributed by atoms with Gasteiger partial charge in [-0.2, -0.15) is 0 Å². The summed E-state index contributed by atoms with van der Waals surface area (Å²) >= 11 is 0. The molecule has 9 nitrogen and oxygen atoms in total. The molecule has 0 radical (unpaired) electrons. The first-order chi connectivity index (χ1) is 13.0. The number of hydrogen-bond acceptors (Lipinski definition) is 5. The van der Waals surface area contributed by atoms with Crippen LogP contribution in [0.4, 0.5) is 0 Å². The average molecular weight is 375 g/mol. The van der Waals surface area contributed by atoms with Crippen LogP contribution in [0.25, 0.3) is 0 Å². The Hall–Kier alpha value is -3.20. The molecule has 0 fully saturated rings. The van der Waals surface area contributed by atoms with Gasteiger partial charge in [-0.15, -0.1) is 0 Å². The first kappa shape index (κ1) is 20.1. The van der Waals surface area contributed by atoms with Crippen molar-refractivity contribution < 1.29 is 29.1 Å². The number of ether oxygens (including phenoxy) is 1. The Morgan fingerprint density at radius 2 is 2.00 bits per heavy atom. The molecule has 2 atom stereocenters. The van der Waals surface area contributed by atoms with Gasteiger partial charge in [0.15, 0.2) is 13.1 Å². The molecule has 9 heteroatoms. The summed E-state index contributed by atoms with van der Waals surface area (Å²) in [6.45, 7) is 0.0768. The molecule has 0 saturated carbocycles. The molecular weight excluding hydrogens is 352 g/mol. The number of aromatic amines is 1. The Labute approximate surface area is 156 Å². The monoisotopic (exact) mass is 375 g/mol. The minimum absolute atomic E-state index is 0.0857. The van der Waals surface area contributed by atoms with Crippen molar-refractivity contribution in [1.29, 1.82) is 0 Å². The molecule has 1 heterocycles. The van der Waals surface area contributed by atoms with Crippen molar-refractivity contribution in [1.82, 2.24) is 15.3 Å². The zero-order valence-corrected chi connectivity index (χ0v) is 15.0. The van der Waals surface area contributed by atoms with E-state index in [2.05, 4.69) is 15.3 Å². The fraction of sp³-hybridized carbons (Fsp3) is 0.333. The van der Waals surface area contributed by atoms with Crippen LogP contribution in [0.2, 0.25) is 0 Å². The van der Waals surface area contributed by atoms with Crippen molar-refractivity contribution >= 4 is 17.8 Å². The largest absolute Gasteiger partial charge is 0.477 e. The van der Waals surface area contributed by atoms with E-state index in [4.69, 9.17) is 9.84 Å². The van der Waals surface area contributed by atoms with E-state index in [1.54, 1.807) is 6.20 Å². The van der Waals surface area contributed by atoms with Crippen LogP contribution in [0.1, 0.15) is 11.3 Å². The lowest BCUT2D eigenvalue weighted by Crippen LogP contribution is -3.12. The second-order valence-electron chi connectivity index (χ2n) is 6.08. The fourth-order valence-electron chi connectivity index (χ4n) is 2.71. The molecule has 2 aromatic rings. The van der Waals surface area contributed by atoms with Crippen LogP contribution >= 0.6 is 0 Å². The third-order valence-corrected chi connectivity index (χ3v) is 3.91. The molecule has 0 aliphatic carbocycles. The predicted octanol–water partition coefficient (Wildman–Crippen LogP) is -1.22. The van der Waals surface area contributed by atoms with Gasteiger partial charge in [-0.05, 0) is 0 Å². The highest BCUT2D eigenvalue weighted by atomic mass is 16.5. The Balaban J connectivity index is 2.00. The number of carboxylic acid groups (broad SMARTS) is 1. The number of H-pyrrole nitrogens is 1. The number of aromatic nitrogens is 2. The first-order valence-electron chi connectivity index (χ1n) is 8.41. The number of rotatable bonds is 10. The van der Waals surface area contributed by atoms with Crippen molar-refractivity contribution in [2.24, 2.45) is 0 Å². The molecular formula is C18H23N4O5+. The van der Waals surface area contributed by atoms with E-state index in [0.717, 1.165) is 5.56 Å². The summed E-state index contributed by atoms with van der Waals surface area (Å²) in [5.41, 5.74) is 1.59. The number of benzene rings is 1. The number of methoxy groups -OCH3 is 1. The molecule has 1 aromatic heterocycles. The number of carbonyl (C=O) groups is 3. The third-order valence-electron chi connectivity index (χ3n) is 3.91. The number of nitrogens with zero attached hydrogens (tertiary/aromatic N) is 1. The number of carboxylic acids is 1. The fourth-order valence-corrected chi connectivity index (χ4v) is 2.71. The Morgan fingerprint density at radius 3 is 2.59 bits per heavy atom. The summed E-state index contributed by atoms with van der Waals surface area (Å²) in [5, 5.41) is 11.7. The molecule has 4 N–H and O–H groups in total. The van der Waals surface area contributed by atoms with Gasteiger partial charge in [-0.3, -0.25) is 4.79 Å². The summed E-state index contributed by atoms with van der Waals surface area (Å²) in [4.78, 5) is 42.8. The van der Waals surface area contributed by atoms with E-state index in [9.17, 15) is 14.4 Å². The molecule has 27 heavy (non-hydrogen) atoms. The predicted molar refractivity (Wildman–Crippen MR) is 94.7 cm³/mol. The van der Waals surface area contributed by atoms with Crippen LogP contribution < -0.4 is 10.2 Å². The highest BCUT2D eigenvalue weighted by molar-refractivity contribution is 5.85. The quantitative estimate of drug-likeness (QED) is 0.386. The van der Waals surface area contributed by atoms with Gasteiger partial charge < -0.3 is 25.0 Å². The second-order valence-corrected chi connectivity index (χ2v) is 6.08. The van der Waals surface area contributed by atoms with E-state index >= 15 is 0 Å². The third kappa shape index (κ3) is 6.90. The van der Waals surface area contributed by atoms with Crippen molar-refractivity contribution in [2.45, 2.75) is 19.0 Å². The zero-order chi connectivity index (χ0) is 19.6. The smallest absolute Gasteiger partial charge is 0.359 e. The van der Waals surface area contributed by atoms with Crippen LogP contribution in [0.5, 0.6) is 0 Å². The number of carbonyl (C=O) groups excluding carboxylic acids is 2. The first-order valence-corrected chi connectivity index (χ1v) is 8.41. The van der Waals surface area contributed by atoms with Crippen molar-refractivity contribution in [3.63, 3.8) is 0 Å². The normalized spacial score (nSPS) is 12.8. The SMILES string of the molecule is COC(=O)[C@H](Cc1cnc[nH]1)NC(=O)C[NH+](CC(=O)O)Cc1ccccc1. The van der Waals surface area contributed by atoms with E-state index in [1.165, 1.54) is 13.4 Å². The lowest BCUT2D eigenvalue weighted by atomic mass is 10.1. The Morgan fingerprint density at radius 1 is 1.26 bits per heavy atom. The van der Waals surface area contributed by atoms with Crippen LogP contribution in [0, 0.1) is 0 Å². The van der Waals surface area contributed by atoms with Gasteiger partial charge in [-0.1, -0.05) is 30.3 Å². The standard InChI is InChI=1S/C18H22N4O5/c1-27-18(26)15(7-14-8-19-12-20-14)21-16(23)10-22(11-17(24)25)9-13-5-3-2-4-6-13/h2-6,8,12,15H,7,9-11H2,1H3,(H,19,20)(H,21,23)(H,24,25)/p+1/t15-/m0/s1. The maximum atomic E-state index is 12.4. The summed E-state index contributed by atoms with van der Waals surface area (Å²) in [7, 11) is 1.24. The molecule has 0 aliphatic heterocycles. The van der Waals surface area contributed by atoms with E-state index < -0.39 is 23.9 Å². The Kier molecular flexibility index (Phi) is 7.50. The minimum Gasteiger partial charge on any atom is -0.477 e. The lowest BCUT2D eigenvalue weighted by molar-refractivity contribution is -0.898. The molecule has 0 aliphatic rings. The molecule has 1 amide bonds. The number of imidazole rings is 1. The van der Waals surface area contributed by atoms with Crippen molar-refractivity contribution in [3.8, 4) is 0 Å². The number of esters is 1. The number of amides is 1. The molecule has 1 unspecified atom stereocenters. The van der Waals surface area contributed by atoms with Crippen molar-refractivity contribution in [3.05, 3.63) is 54.1 Å². The van der Waals surface area contributed by atoms with Gasteiger partial charge in [0.1, 0.15) is 12.6 Å². The summed E-state index contributed by atoms with van der Waals surface area (Å²) < 4.78 is 4.74. The zero-order valence-electron chi connectivity index (χ0n) is 15.0. The van der Waals surface area contributed by atoms with Gasteiger partial charge in [0.2, 0.25) is 0 Å². The molecule has 0 spiro atoms. The molecule has 0 bridgehead atoms. The molecule has 2 rings (SSSR count). The van der Waals surface area contributed by atoms with Crippen LogP contribution in [-0.2, 0) is 32.1 Å². The molecule has 144 valence electrons. The van der Waals surface area contributed by atoms with Crippen LogP contribution in [0.15, 0.2) is 42.9 Å². The minimum atomic E-state index is -1.00. The maximum absolute atomic E-state index is 12.4. The van der Waals surface area contributed by atoms with Crippen molar-refractivity contribution in [2.75, 3.05) is 20.2 Å². The Bertz CT molecular complexity index is 748. The number of quaternary nitrogens is 1. The number of nitrogens with one attached hydrogen (secondary N) is 3. The topological polar surface area (TPSA) is 126 Å². The van der Waals surface area contributed by atoms with Crippen LogP contribution in [-0.4, -0.2) is 59.2 Å². The highest BCUT2D eigenvalue weighted by Crippen LogP contribution is 2.00. The number of hydrogen-bond donors (Lipinski definition) is 4. The summed E-state index contributed by atoms with van der Waals surface area (Å²) in [5.74, 6) is -2.02.